The summed E-state index contributed by atoms with van der Waals surface area (Å²) in [6.07, 6.45) is 4.78. The topological polar surface area (TPSA) is 189 Å². The smallest absolute Gasteiger partial charge is 0.408 e. The third-order valence-corrected chi connectivity index (χ3v) is 11.8. The standard InChI is InChI=1S/C43H58N8O8/c1-9-27-22-43(27,40(54)55)47-38(52)33-20-30(23-50(33)39(53)37(42(4,5)6)46-41(56)59-29-17-25-16-26(25)18-29)58-34-21-36(51-13-12-35(48-51)44-24(2)3)45-32-19-28(10-11-31(32)34)57-15-14-49(7)8/h9-13,19,21,24-27,29-30,33,37H,1,14-18,20,22-23H2,2-8H3,(H,44,48)(H,46,56)(H,47,52)(H,54,55)/t25?,26?,27?,29?,30-,33?,37?,43-/m1/s1. The Hall–Kier alpha value is -5.38. The summed E-state index contributed by atoms with van der Waals surface area (Å²) in [5.41, 5.74) is -1.72. The molecular weight excluding hydrogens is 757 g/mol. The van der Waals surface area contributed by atoms with Crippen molar-refractivity contribution in [2.24, 2.45) is 23.2 Å². The molecule has 4 fully saturated rings. The maximum absolute atomic E-state index is 14.7. The number of fused-ring (bicyclic) bond motifs is 2. The Morgan fingerprint density at radius 3 is 2.46 bits per heavy atom. The number of carboxylic acid groups (broad SMARTS) is 1. The number of carbonyl (C=O) groups excluding carboxylic acids is 3. The van der Waals surface area contributed by atoms with Gasteiger partial charge in [-0.15, -0.1) is 11.7 Å². The van der Waals surface area contributed by atoms with Gasteiger partial charge in [-0.05, 0) is 83.0 Å². The number of nitrogens with zero attached hydrogens (tertiary/aromatic N) is 5. The van der Waals surface area contributed by atoms with E-state index in [1.807, 2.05) is 77.9 Å². The van der Waals surface area contributed by atoms with Gasteiger partial charge in [0.05, 0.1) is 12.1 Å². The first-order valence-corrected chi connectivity index (χ1v) is 20.6. The molecule has 0 spiro atoms. The van der Waals surface area contributed by atoms with E-state index in [4.69, 9.17) is 19.2 Å². The molecule has 3 aliphatic carbocycles. The molecule has 7 atom stereocenters. The van der Waals surface area contributed by atoms with Crippen LogP contribution in [0, 0.1) is 23.2 Å². The number of pyridine rings is 1. The molecule has 4 N–H and O–H groups in total. The van der Waals surface area contributed by atoms with Gasteiger partial charge < -0.3 is 45.1 Å². The highest BCUT2D eigenvalue weighted by atomic mass is 16.6. The summed E-state index contributed by atoms with van der Waals surface area (Å²) in [7, 11) is 3.95. The maximum atomic E-state index is 14.7. The number of hydrogen-bond donors (Lipinski definition) is 4. The lowest BCUT2D eigenvalue weighted by molar-refractivity contribution is -0.146. The number of likely N-dealkylation sites (N-methyl/N-ethyl adjacent to an activating group) is 1. The number of carbonyl (C=O) groups is 4. The highest BCUT2D eigenvalue weighted by molar-refractivity contribution is 5.96. The lowest BCUT2D eigenvalue weighted by Crippen LogP contribution is -2.59. The zero-order valence-corrected chi connectivity index (χ0v) is 35.1. The molecule has 1 aliphatic heterocycles. The van der Waals surface area contributed by atoms with E-state index >= 15 is 0 Å². The molecule has 7 rings (SSSR count). The van der Waals surface area contributed by atoms with Crippen molar-refractivity contribution in [3.05, 3.63) is 49.2 Å². The molecule has 1 aromatic carbocycles. The largest absolute Gasteiger partial charge is 0.492 e. The summed E-state index contributed by atoms with van der Waals surface area (Å²) in [5, 5.41) is 24.4. The highest BCUT2D eigenvalue weighted by Crippen LogP contribution is 2.52. The molecule has 5 unspecified atom stereocenters. The summed E-state index contributed by atoms with van der Waals surface area (Å²) >= 11 is 0. The second-order valence-corrected chi connectivity index (χ2v) is 18.2. The van der Waals surface area contributed by atoms with E-state index in [9.17, 15) is 24.3 Å². The first kappa shape index (κ1) is 41.8. The van der Waals surface area contributed by atoms with Gasteiger partial charge in [-0.2, -0.15) is 0 Å². The van der Waals surface area contributed by atoms with Gasteiger partial charge in [-0.1, -0.05) is 26.8 Å². The Balaban J connectivity index is 1.19. The van der Waals surface area contributed by atoms with Crippen molar-refractivity contribution in [3.63, 3.8) is 0 Å². The van der Waals surface area contributed by atoms with Crippen molar-refractivity contribution in [2.45, 2.75) is 103 Å². The molecule has 59 heavy (non-hydrogen) atoms. The molecule has 2 aromatic heterocycles. The molecule has 4 aliphatic rings. The third-order valence-electron chi connectivity index (χ3n) is 11.8. The Morgan fingerprint density at radius 2 is 1.81 bits per heavy atom. The van der Waals surface area contributed by atoms with Crippen LogP contribution in [0.15, 0.2) is 49.2 Å². The fraction of sp³-hybridized carbons (Fsp3) is 0.581. The van der Waals surface area contributed by atoms with Crippen molar-refractivity contribution in [2.75, 3.05) is 39.1 Å². The van der Waals surface area contributed by atoms with Gasteiger partial charge in [-0.3, -0.25) is 9.59 Å². The lowest BCUT2D eigenvalue weighted by atomic mass is 9.85. The number of hydrogen-bond acceptors (Lipinski definition) is 11. The number of benzene rings is 1. The molecule has 16 nitrogen and oxygen atoms in total. The Kier molecular flexibility index (Phi) is 11.6. The van der Waals surface area contributed by atoms with Crippen molar-refractivity contribution in [3.8, 4) is 17.3 Å². The van der Waals surface area contributed by atoms with Crippen LogP contribution in [-0.4, -0.2) is 123 Å². The summed E-state index contributed by atoms with van der Waals surface area (Å²) in [4.78, 5) is 63.0. The van der Waals surface area contributed by atoms with Crippen LogP contribution in [0.3, 0.4) is 0 Å². The van der Waals surface area contributed by atoms with Crippen LogP contribution in [0.1, 0.15) is 66.7 Å². The number of carboxylic acids is 1. The molecular formula is C43H58N8O8. The van der Waals surface area contributed by atoms with Crippen LogP contribution >= 0.6 is 0 Å². The predicted molar refractivity (Wildman–Crippen MR) is 220 cm³/mol. The van der Waals surface area contributed by atoms with Gasteiger partial charge in [0.15, 0.2) is 5.82 Å². The quantitative estimate of drug-likeness (QED) is 0.147. The van der Waals surface area contributed by atoms with E-state index in [-0.39, 0.29) is 31.5 Å². The number of aromatic nitrogens is 3. The minimum absolute atomic E-state index is 0.0216. The molecule has 1 saturated heterocycles. The molecule has 3 aromatic rings. The van der Waals surface area contributed by atoms with E-state index in [1.165, 1.54) is 17.4 Å². The fourth-order valence-corrected chi connectivity index (χ4v) is 8.38. The summed E-state index contributed by atoms with van der Waals surface area (Å²) in [5.74, 6) is 0.650. The number of ether oxygens (including phenoxy) is 3. The van der Waals surface area contributed by atoms with Crippen LogP contribution in [0.25, 0.3) is 16.7 Å². The van der Waals surface area contributed by atoms with Crippen LogP contribution in [0.5, 0.6) is 11.5 Å². The highest BCUT2D eigenvalue weighted by Gasteiger charge is 2.61. The van der Waals surface area contributed by atoms with Crippen LogP contribution < -0.4 is 25.4 Å². The number of aliphatic carboxylic acids is 1. The average Bonchev–Trinajstić information content (AvgIpc) is 3.83. The Bertz CT molecular complexity index is 2090. The van der Waals surface area contributed by atoms with Crippen molar-refractivity contribution in [1.29, 1.82) is 0 Å². The van der Waals surface area contributed by atoms with Crippen LogP contribution in [0.4, 0.5) is 10.6 Å². The summed E-state index contributed by atoms with van der Waals surface area (Å²) in [6.45, 7) is 14.5. The third kappa shape index (κ3) is 9.27. The van der Waals surface area contributed by atoms with Crippen molar-refractivity contribution < 1.29 is 38.5 Å². The second kappa shape index (κ2) is 16.3. The fourth-order valence-electron chi connectivity index (χ4n) is 8.38. The van der Waals surface area contributed by atoms with Gasteiger partial charge >= 0.3 is 12.1 Å². The molecule has 0 bridgehead atoms. The first-order valence-electron chi connectivity index (χ1n) is 20.6. The molecule has 3 saturated carbocycles. The SMILES string of the molecule is C=CC1C[C@]1(NC(=O)C1C[C@@H](Oc2cc(-n3ccc(NC(C)C)n3)nc3cc(OCCN(C)C)ccc23)CN1C(=O)C(NC(=O)OC1CC2CC2C1)C(C)(C)C)C(=O)O. The van der Waals surface area contributed by atoms with Gasteiger partial charge in [0.1, 0.15) is 53.8 Å². The Morgan fingerprint density at radius 1 is 1.07 bits per heavy atom. The molecule has 318 valence electrons. The van der Waals surface area contributed by atoms with Gasteiger partial charge in [0.25, 0.3) is 0 Å². The number of nitrogens with one attached hydrogen (secondary N) is 3. The van der Waals surface area contributed by atoms with Gasteiger partial charge in [-0.25, -0.2) is 19.3 Å². The summed E-state index contributed by atoms with van der Waals surface area (Å²) in [6, 6.07) is 7.14. The zero-order valence-electron chi connectivity index (χ0n) is 35.1. The summed E-state index contributed by atoms with van der Waals surface area (Å²) < 4.78 is 20.2. The predicted octanol–water partition coefficient (Wildman–Crippen LogP) is 4.61. The number of alkyl carbamates (subject to hydrolysis) is 1. The second-order valence-electron chi connectivity index (χ2n) is 18.2. The average molecular weight is 815 g/mol. The number of rotatable bonds is 16. The number of anilines is 1. The molecule has 3 amide bonds. The van der Waals surface area contributed by atoms with Crippen LogP contribution in [-0.2, 0) is 19.1 Å². The number of likely N-dealkylation sites (tertiary alicyclic amines) is 1. The monoisotopic (exact) mass is 814 g/mol. The number of amides is 3. The van der Waals surface area contributed by atoms with E-state index in [0.717, 1.165) is 19.4 Å². The van der Waals surface area contributed by atoms with Gasteiger partial charge in [0, 0.05) is 54.7 Å². The van der Waals surface area contributed by atoms with Gasteiger partial charge in [0.2, 0.25) is 11.8 Å². The van der Waals surface area contributed by atoms with E-state index in [2.05, 4.69) is 27.6 Å². The maximum Gasteiger partial charge on any atom is 0.408 e. The zero-order chi connectivity index (χ0) is 42.4. The van der Waals surface area contributed by atoms with Crippen LogP contribution in [0.2, 0.25) is 0 Å². The van der Waals surface area contributed by atoms with E-state index in [0.29, 0.717) is 52.5 Å². The minimum atomic E-state index is -1.52. The van der Waals surface area contributed by atoms with E-state index in [1.54, 1.807) is 16.9 Å². The lowest BCUT2D eigenvalue weighted by Gasteiger charge is -2.35. The molecule has 3 heterocycles. The molecule has 16 heteroatoms. The van der Waals surface area contributed by atoms with E-state index < -0.39 is 58.9 Å². The Labute approximate surface area is 345 Å². The van der Waals surface area contributed by atoms with Crippen molar-refractivity contribution in [1.82, 2.24) is 35.2 Å². The first-order chi connectivity index (χ1) is 27.9. The van der Waals surface area contributed by atoms with Crippen molar-refractivity contribution >= 4 is 40.6 Å². The molecule has 0 radical (unpaired) electrons. The minimum Gasteiger partial charge on any atom is -0.492 e. The normalized spacial score (nSPS) is 26.3.